The van der Waals surface area contributed by atoms with Crippen molar-refractivity contribution in [1.82, 2.24) is 4.90 Å². The number of rotatable bonds is 2. The summed E-state index contributed by atoms with van der Waals surface area (Å²) in [5, 5.41) is 0.957. The number of carbonyl (C=O) groups excluding carboxylic acids is 1. The van der Waals surface area contributed by atoms with Crippen LogP contribution >= 0.6 is 11.8 Å². The Morgan fingerprint density at radius 1 is 1.37 bits per heavy atom. The molecular weight excluding hydrogens is 258 g/mol. The van der Waals surface area contributed by atoms with Gasteiger partial charge in [-0.25, -0.2) is 0 Å². The van der Waals surface area contributed by atoms with Gasteiger partial charge in [-0.1, -0.05) is 25.5 Å². The zero-order valence-electron chi connectivity index (χ0n) is 11.6. The second-order valence-electron chi connectivity index (χ2n) is 5.16. The number of hydrogen-bond acceptors (Lipinski definition) is 4. The molecule has 1 saturated heterocycles. The highest BCUT2D eigenvalue weighted by atomic mass is 32.2. The highest BCUT2D eigenvalue weighted by Gasteiger charge is 2.27. The summed E-state index contributed by atoms with van der Waals surface area (Å²) in [4.78, 5) is 14.6. The maximum Gasteiger partial charge on any atom is 0.256 e. The number of hydrogen-bond donors (Lipinski definition) is 2. The number of nitrogen functional groups attached to an aromatic ring is 1. The number of carbonyl (C=O) groups is 1. The maximum absolute atomic E-state index is 12.6. The predicted octanol–water partition coefficient (Wildman–Crippen LogP) is 2.25. The second-order valence-corrected chi connectivity index (χ2v) is 7.04. The average Bonchev–Trinajstić information content (AvgIpc) is 2.36. The first-order valence-corrected chi connectivity index (χ1v) is 7.47. The van der Waals surface area contributed by atoms with Gasteiger partial charge in [0, 0.05) is 23.6 Å². The average molecular weight is 279 g/mol. The molecule has 4 nitrogen and oxygen atoms in total. The van der Waals surface area contributed by atoms with Crippen LogP contribution in [0.2, 0.25) is 0 Å². The molecule has 0 aromatic heterocycles. The van der Waals surface area contributed by atoms with Crippen LogP contribution in [-0.4, -0.2) is 34.4 Å². The Labute approximate surface area is 118 Å². The summed E-state index contributed by atoms with van der Waals surface area (Å²) in [6.07, 6.45) is 0. The number of nitrogens with one attached hydrogen (secondary N) is 1. The number of hydrazine groups is 1. The molecule has 1 heterocycles. The van der Waals surface area contributed by atoms with Crippen LogP contribution in [0.1, 0.15) is 29.8 Å². The smallest absolute Gasteiger partial charge is 0.256 e. The molecule has 0 aliphatic carbocycles. The Balaban J connectivity index is 2.26. The van der Waals surface area contributed by atoms with E-state index in [0.717, 1.165) is 18.7 Å². The summed E-state index contributed by atoms with van der Waals surface area (Å²) in [5.74, 6) is 5.56. The van der Waals surface area contributed by atoms with Crippen LogP contribution in [0, 0.1) is 6.92 Å². The van der Waals surface area contributed by atoms with E-state index < -0.39 is 0 Å². The van der Waals surface area contributed by atoms with Gasteiger partial charge in [0.05, 0.1) is 11.3 Å². The van der Waals surface area contributed by atoms with Crippen molar-refractivity contribution in [2.45, 2.75) is 31.3 Å². The molecule has 0 radical (unpaired) electrons. The molecule has 1 aromatic carbocycles. The molecule has 0 bridgehead atoms. The van der Waals surface area contributed by atoms with E-state index in [4.69, 9.17) is 5.84 Å². The second kappa shape index (κ2) is 5.84. The van der Waals surface area contributed by atoms with Crippen molar-refractivity contribution in [3.63, 3.8) is 0 Å². The van der Waals surface area contributed by atoms with Gasteiger partial charge in [-0.05, 0) is 19.1 Å². The molecule has 2 unspecified atom stereocenters. The van der Waals surface area contributed by atoms with E-state index in [2.05, 4.69) is 19.3 Å². The van der Waals surface area contributed by atoms with Crippen LogP contribution in [-0.2, 0) is 0 Å². The fourth-order valence-corrected chi connectivity index (χ4v) is 3.80. The summed E-state index contributed by atoms with van der Waals surface area (Å²) in [6.45, 7) is 7.91. The summed E-state index contributed by atoms with van der Waals surface area (Å²) < 4.78 is 0. The standard InChI is InChI=1S/C14H21N3OS/c1-9-4-5-13(16-15)12(6-9)14(18)17-7-10(2)19-11(3)8-17/h4-6,10-11,16H,7-8,15H2,1-3H3. The van der Waals surface area contributed by atoms with E-state index in [9.17, 15) is 4.79 Å². The van der Waals surface area contributed by atoms with Gasteiger partial charge in [0.2, 0.25) is 0 Å². The van der Waals surface area contributed by atoms with Crippen molar-refractivity contribution < 1.29 is 4.79 Å². The minimum absolute atomic E-state index is 0.0654. The third-order valence-electron chi connectivity index (χ3n) is 3.27. The normalized spacial score (nSPS) is 23.3. The fourth-order valence-electron chi connectivity index (χ4n) is 2.47. The van der Waals surface area contributed by atoms with Crippen LogP contribution < -0.4 is 11.3 Å². The quantitative estimate of drug-likeness (QED) is 0.644. The number of nitrogens with zero attached hydrogens (tertiary/aromatic N) is 1. The van der Waals surface area contributed by atoms with Crippen molar-refractivity contribution in [3.8, 4) is 0 Å². The van der Waals surface area contributed by atoms with E-state index in [1.807, 2.05) is 41.8 Å². The Bertz CT molecular complexity index is 468. The molecule has 1 aliphatic rings. The number of thioether (sulfide) groups is 1. The molecule has 1 aliphatic heterocycles. The summed E-state index contributed by atoms with van der Waals surface area (Å²) in [5.41, 5.74) is 5.03. The molecular formula is C14H21N3OS. The predicted molar refractivity (Wildman–Crippen MR) is 81.4 cm³/mol. The molecule has 19 heavy (non-hydrogen) atoms. The van der Waals surface area contributed by atoms with Crippen molar-refractivity contribution in [2.24, 2.45) is 5.84 Å². The first-order valence-electron chi connectivity index (χ1n) is 6.53. The van der Waals surface area contributed by atoms with Gasteiger partial charge in [-0.2, -0.15) is 11.8 Å². The van der Waals surface area contributed by atoms with Crippen LogP contribution in [0.5, 0.6) is 0 Å². The van der Waals surface area contributed by atoms with E-state index in [-0.39, 0.29) is 5.91 Å². The lowest BCUT2D eigenvalue weighted by Crippen LogP contribution is -2.44. The third-order valence-corrected chi connectivity index (χ3v) is 4.50. The van der Waals surface area contributed by atoms with Crippen LogP contribution in [0.25, 0.3) is 0 Å². The monoisotopic (exact) mass is 279 g/mol. The molecule has 104 valence electrons. The van der Waals surface area contributed by atoms with Crippen LogP contribution in [0.4, 0.5) is 5.69 Å². The topological polar surface area (TPSA) is 58.4 Å². The SMILES string of the molecule is Cc1ccc(NN)c(C(=O)N2CC(C)SC(C)C2)c1. The molecule has 1 fully saturated rings. The van der Waals surface area contributed by atoms with Crippen molar-refractivity contribution in [1.29, 1.82) is 0 Å². The van der Waals surface area contributed by atoms with Gasteiger partial charge in [0.25, 0.3) is 5.91 Å². The zero-order valence-corrected chi connectivity index (χ0v) is 12.5. The summed E-state index contributed by atoms with van der Waals surface area (Å²) in [6, 6.07) is 5.70. The molecule has 1 amide bonds. The Morgan fingerprint density at radius 3 is 2.58 bits per heavy atom. The van der Waals surface area contributed by atoms with Gasteiger partial charge < -0.3 is 10.3 Å². The first kappa shape index (κ1) is 14.2. The number of nitrogens with two attached hydrogens (primary N) is 1. The highest BCUT2D eigenvalue weighted by molar-refractivity contribution is 8.00. The number of amides is 1. The van der Waals surface area contributed by atoms with E-state index >= 15 is 0 Å². The minimum Gasteiger partial charge on any atom is -0.336 e. The largest absolute Gasteiger partial charge is 0.336 e. The molecule has 1 aromatic rings. The van der Waals surface area contributed by atoms with Crippen LogP contribution in [0.15, 0.2) is 18.2 Å². The van der Waals surface area contributed by atoms with E-state index in [0.29, 0.717) is 21.8 Å². The summed E-state index contributed by atoms with van der Waals surface area (Å²) in [7, 11) is 0. The van der Waals surface area contributed by atoms with E-state index in [1.54, 1.807) is 0 Å². The number of aryl methyl sites for hydroxylation is 1. The maximum atomic E-state index is 12.6. The number of anilines is 1. The zero-order chi connectivity index (χ0) is 14.0. The number of benzene rings is 1. The van der Waals surface area contributed by atoms with Gasteiger partial charge in [0.15, 0.2) is 0 Å². The van der Waals surface area contributed by atoms with Gasteiger partial charge in [-0.3, -0.25) is 10.6 Å². The third kappa shape index (κ3) is 3.22. The van der Waals surface area contributed by atoms with Crippen molar-refractivity contribution in [2.75, 3.05) is 18.5 Å². The Morgan fingerprint density at radius 2 is 2.00 bits per heavy atom. The Hall–Kier alpha value is -1.20. The van der Waals surface area contributed by atoms with Crippen molar-refractivity contribution in [3.05, 3.63) is 29.3 Å². The molecule has 2 rings (SSSR count). The van der Waals surface area contributed by atoms with Gasteiger partial charge in [0.1, 0.15) is 0 Å². The van der Waals surface area contributed by atoms with Crippen LogP contribution in [0.3, 0.4) is 0 Å². The molecule has 2 atom stereocenters. The van der Waals surface area contributed by atoms with Crippen molar-refractivity contribution >= 4 is 23.4 Å². The lowest BCUT2D eigenvalue weighted by atomic mass is 10.1. The molecule has 3 N–H and O–H groups in total. The lowest BCUT2D eigenvalue weighted by Gasteiger charge is -2.35. The first-order chi connectivity index (χ1) is 9.01. The molecule has 0 saturated carbocycles. The lowest BCUT2D eigenvalue weighted by molar-refractivity contribution is 0.0754. The molecule has 5 heteroatoms. The fraction of sp³-hybridized carbons (Fsp3) is 0.500. The summed E-state index contributed by atoms with van der Waals surface area (Å²) >= 11 is 1.94. The van der Waals surface area contributed by atoms with E-state index in [1.165, 1.54) is 0 Å². The molecule has 0 spiro atoms. The van der Waals surface area contributed by atoms with Gasteiger partial charge >= 0.3 is 0 Å². The van der Waals surface area contributed by atoms with Gasteiger partial charge in [-0.15, -0.1) is 0 Å². The highest BCUT2D eigenvalue weighted by Crippen LogP contribution is 2.27. The Kier molecular flexibility index (Phi) is 4.37. The minimum atomic E-state index is 0.0654.